The van der Waals surface area contributed by atoms with E-state index in [0.717, 1.165) is 17.3 Å². The van der Waals surface area contributed by atoms with E-state index in [1.807, 2.05) is 65.4 Å². The van der Waals surface area contributed by atoms with Gasteiger partial charge in [-0.2, -0.15) is 0 Å². The summed E-state index contributed by atoms with van der Waals surface area (Å²) in [6.07, 6.45) is 3.63. The van der Waals surface area contributed by atoms with Crippen molar-refractivity contribution in [3.05, 3.63) is 72.0 Å². The Hall–Kier alpha value is -2.26. The fraction of sp³-hybridized carbons (Fsp3) is 0. The van der Waals surface area contributed by atoms with Crippen molar-refractivity contribution in [2.24, 2.45) is 0 Å². The van der Waals surface area contributed by atoms with E-state index in [4.69, 9.17) is 11.6 Å². The number of aromatic nitrogens is 2. The molecule has 0 fully saturated rings. The molecule has 0 atom stereocenters. The summed E-state index contributed by atoms with van der Waals surface area (Å²) in [5.41, 5.74) is 1.89. The molecular weight excluding hydrogens is 258 g/mol. The zero-order chi connectivity index (χ0) is 13.1. The van der Waals surface area contributed by atoms with Gasteiger partial charge in [0.25, 0.3) is 0 Å². The predicted molar refractivity (Wildman–Crippen MR) is 78.3 cm³/mol. The second-order valence-electron chi connectivity index (χ2n) is 4.06. The number of imidazole rings is 1. The summed E-state index contributed by atoms with van der Waals surface area (Å²) in [6.45, 7) is 0. The van der Waals surface area contributed by atoms with Crippen molar-refractivity contribution in [3.8, 4) is 5.69 Å². The minimum atomic E-state index is 0.691. The lowest BCUT2D eigenvalue weighted by Gasteiger charge is -2.11. The summed E-state index contributed by atoms with van der Waals surface area (Å²) in [5.74, 6) is 0.735. The predicted octanol–water partition coefficient (Wildman–Crippen LogP) is 4.27. The molecule has 3 rings (SSSR count). The van der Waals surface area contributed by atoms with E-state index in [-0.39, 0.29) is 0 Å². The van der Waals surface area contributed by atoms with Crippen molar-refractivity contribution in [2.45, 2.75) is 0 Å². The van der Waals surface area contributed by atoms with Crippen molar-refractivity contribution in [1.82, 2.24) is 9.55 Å². The van der Waals surface area contributed by atoms with Crippen LogP contribution in [0.15, 0.2) is 67.0 Å². The Labute approximate surface area is 116 Å². The molecule has 1 aromatic heterocycles. The molecule has 1 N–H and O–H groups in total. The van der Waals surface area contributed by atoms with Gasteiger partial charge in [0.1, 0.15) is 0 Å². The maximum Gasteiger partial charge on any atom is 0.212 e. The molecule has 94 valence electrons. The van der Waals surface area contributed by atoms with Gasteiger partial charge in [0.15, 0.2) is 0 Å². The topological polar surface area (TPSA) is 29.9 Å². The van der Waals surface area contributed by atoms with Crippen LogP contribution >= 0.6 is 11.6 Å². The number of anilines is 2. The van der Waals surface area contributed by atoms with Crippen molar-refractivity contribution in [1.29, 1.82) is 0 Å². The third-order valence-electron chi connectivity index (χ3n) is 2.78. The van der Waals surface area contributed by atoms with Gasteiger partial charge in [0, 0.05) is 18.1 Å². The van der Waals surface area contributed by atoms with Crippen LogP contribution in [-0.2, 0) is 0 Å². The van der Waals surface area contributed by atoms with Crippen molar-refractivity contribution in [3.63, 3.8) is 0 Å². The zero-order valence-corrected chi connectivity index (χ0v) is 10.9. The van der Waals surface area contributed by atoms with Crippen LogP contribution in [0.25, 0.3) is 5.69 Å². The van der Waals surface area contributed by atoms with E-state index >= 15 is 0 Å². The highest BCUT2D eigenvalue weighted by atomic mass is 35.5. The fourth-order valence-electron chi connectivity index (χ4n) is 1.89. The van der Waals surface area contributed by atoms with Gasteiger partial charge in [-0.25, -0.2) is 4.98 Å². The molecule has 0 aliphatic carbocycles. The van der Waals surface area contributed by atoms with Gasteiger partial charge in [0.05, 0.1) is 10.7 Å². The van der Waals surface area contributed by atoms with E-state index in [9.17, 15) is 0 Å². The van der Waals surface area contributed by atoms with E-state index in [2.05, 4.69) is 10.3 Å². The van der Waals surface area contributed by atoms with Crippen molar-refractivity contribution in [2.75, 3.05) is 5.32 Å². The zero-order valence-electron chi connectivity index (χ0n) is 10.1. The Morgan fingerprint density at radius 3 is 2.47 bits per heavy atom. The molecule has 0 saturated heterocycles. The molecule has 0 unspecified atom stereocenters. The number of benzene rings is 2. The number of halogens is 1. The normalized spacial score (nSPS) is 10.4. The molecule has 0 amide bonds. The summed E-state index contributed by atoms with van der Waals surface area (Å²) in [5, 5.41) is 3.96. The lowest BCUT2D eigenvalue weighted by Crippen LogP contribution is -2.01. The molecule has 2 aromatic carbocycles. The first kappa shape index (κ1) is 11.8. The van der Waals surface area contributed by atoms with E-state index in [1.165, 1.54) is 0 Å². The molecular formula is C15H12ClN3. The molecule has 0 aliphatic heterocycles. The molecule has 0 spiro atoms. The minimum absolute atomic E-state index is 0.691. The van der Waals surface area contributed by atoms with Crippen LogP contribution in [0.3, 0.4) is 0 Å². The fourth-order valence-corrected chi connectivity index (χ4v) is 2.11. The van der Waals surface area contributed by atoms with Crippen molar-refractivity contribution >= 4 is 23.2 Å². The van der Waals surface area contributed by atoms with Gasteiger partial charge < -0.3 is 5.32 Å². The number of para-hydroxylation sites is 2. The number of hydrogen-bond acceptors (Lipinski definition) is 2. The van der Waals surface area contributed by atoms with Crippen molar-refractivity contribution < 1.29 is 0 Å². The van der Waals surface area contributed by atoms with Crippen LogP contribution < -0.4 is 5.32 Å². The molecule has 1 heterocycles. The van der Waals surface area contributed by atoms with Crippen LogP contribution in [0.1, 0.15) is 0 Å². The Balaban J connectivity index is 1.98. The second-order valence-corrected chi connectivity index (χ2v) is 4.47. The number of rotatable bonds is 3. The Bertz CT molecular complexity index is 677. The standard InChI is InChI=1S/C15H12ClN3/c16-13-8-4-5-9-14(13)19-11-10-17-15(19)18-12-6-2-1-3-7-12/h1-11H,(H,17,18). The summed E-state index contributed by atoms with van der Waals surface area (Å²) in [6, 6.07) is 17.6. The average Bonchev–Trinajstić information content (AvgIpc) is 2.88. The molecule has 0 saturated carbocycles. The van der Waals surface area contributed by atoms with Crippen LogP contribution in [0.5, 0.6) is 0 Å². The summed E-state index contributed by atoms with van der Waals surface area (Å²) >= 11 is 6.21. The first-order valence-electron chi connectivity index (χ1n) is 5.95. The highest BCUT2D eigenvalue weighted by Gasteiger charge is 2.07. The number of nitrogens with one attached hydrogen (secondary N) is 1. The molecule has 3 aromatic rings. The summed E-state index contributed by atoms with van der Waals surface area (Å²) in [4.78, 5) is 4.32. The largest absolute Gasteiger partial charge is 0.325 e. The van der Waals surface area contributed by atoms with Gasteiger partial charge in [0.2, 0.25) is 5.95 Å². The maximum atomic E-state index is 6.21. The third kappa shape index (κ3) is 2.46. The highest BCUT2D eigenvalue weighted by molar-refractivity contribution is 6.32. The van der Waals surface area contributed by atoms with E-state index in [0.29, 0.717) is 5.02 Å². The van der Waals surface area contributed by atoms with E-state index in [1.54, 1.807) is 6.20 Å². The smallest absolute Gasteiger partial charge is 0.212 e. The minimum Gasteiger partial charge on any atom is -0.325 e. The monoisotopic (exact) mass is 269 g/mol. The lowest BCUT2D eigenvalue weighted by atomic mass is 10.3. The number of hydrogen-bond donors (Lipinski definition) is 1. The first-order chi connectivity index (χ1) is 9.34. The summed E-state index contributed by atoms with van der Waals surface area (Å²) < 4.78 is 1.93. The third-order valence-corrected chi connectivity index (χ3v) is 3.10. The lowest BCUT2D eigenvalue weighted by molar-refractivity contribution is 1.06. The molecule has 4 heteroatoms. The molecule has 19 heavy (non-hydrogen) atoms. The molecule has 0 radical (unpaired) electrons. The Morgan fingerprint density at radius 2 is 1.68 bits per heavy atom. The van der Waals surface area contributed by atoms with Gasteiger partial charge in [-0.15, -0.1) is 0 Å². The Morgan fingerprint density at radius 1 is 0.947 bits per heavy atom. The summed E-state index contributed by atoms with van der Waals surface area (Å²) in [7, 11) is 0. The van der Waals surface area contributed by atoms with E-state index < -0.39 is 0 Å². The number of nitrogens with zero attached hydrogens (tertiary/aromatic N) is 2. The van der Waals surface area contributed by atoms with Gasteiger partial charge >= 0.3 is 0 Å². The SMILES string of the molecule is Clc1ccccc1-n1ccnc1Nc1ccccc1. The average molecular weight is 270 g/mol. The van der Waals surface area contributed by atoms with Gasteiger partial charge in [-0.1, -0.05) is 41.9 Å². The molecule has 3 nitrogen and oxygen atoms in total. The Kier molecular flexibility index (Phi) is 3.21. The van der Waals surface area contributed by atoms with Crippen LogP contribution in [0, 0.1) is 0 Å². The maximum absolute atomic E-state index is 6.21. The highest BCUT2D eigenvalue weighted by Crippen LogP contribution is 2.24. The first-order valence-corrected chi connectivity index (χ1v) is 6.33. The van der Waals surface area contributed by atoms with Crippen LogP contribution in [-0.4, -0.2) is 9.55 Å². The molecule has 0 bridgehead atoms. The van der Waals surface area contributed by atoms with Gasteiger partial charge in [-0.3, -0.25) is 4.57 Å². The second kappa shape index (κ2) is 5.16. The van der Waals surface area contributed by atoms with Crippen LogP contribution in [0.2, 0.25) is 5.02 Å². The van der Waals surface area contributed by atoms with Gasteiger partial charge in [-0.05, 0) is 24.3 Å². The quantitative estimate of drug-likeness (QED) is 0.769. The molecule has 0 aliphatic rings. The van der Waals surface area contributed by atoms with Crippen LogP contribution in [0.4, 0.5) is 11.6 Å².